The Labute approximate surface area is 180 Å². The fourth-order valence-electron chi connectivity index (χ4n) is 2.61. The Hall–Kier alpha value is -3.03. The highest BCUT2D eigenvalue weighted by Crippen LogP contribution is 2.25. The third-order valence-electron chi connectivity index (χ3n) is 4.21. The van der Waals surface area contributed by atoms with Crippen molar-refractivity contribution in [3.05, 3.63) is 88.9 Å². The van der Waals surface area contributed by atoms with Crippen molar-refractivity contribution >= 4 is 33.2 Å². The summed E-state index contributed by atoms with van der Waals surface area (Å²) in [6, 6.07) is 20.0. The molecule has 8 heteroatoms. The van der Waals surface area contributed by atoms with Gasteiger partial charge >= 0.3 is 0 Å². The van der Waals surface area contributed by atoms with Crippen LogP contribution in [-0.4, -0.2) is 27.5 Å². The number of benzene rings is 3. The highest BCUT2D eigenvalue weighted by atomic mass is 35.5. The van der Waals surface area contributed by atoms with Gasteiger partial charge in [0, 0.05) is 5.56 Å². The Kier molecular flexibility index (Phi) is 6.97. The van der Waals surface area contributed by atoms with Crippen LogP contribution in [0, 0.1) is 6.92 Å². The first-order valence-corrected chi connectivity index (χ1v) is 11.1. The smallest absolute Gasteiger partial charge is 0.261 e. The molecule has 0 aliphatic rings. The second-order valence-corrected chi connectivity index (χ2v) is 8.62. The molecule has 0 bridgehead atoms. The number of anilines is 1. The Morgan fingerprint density at radius 1 is 1.00 bits per heavy atom. The van der Waals surface area contributed by atoms with Crippen molar-refractivity contribution in [2.75, 3.05) is 17.9 Å². The molecule has 0 saturated carbocycles. The first-order chi connectivity index (χ1) is 14.3. The molecule has 0 aliphatic heterocycles. The molecule has 0 aromatic heterocycles. The zero-order chi connectivity index (χ0) is 21.6. The monoisotopic (exact) mass is 444 g/mol. The summed E-state index contributed by atoms with van der Waals surface area (Å²) in [7, 11) is -3.77. The lowest BCUT2D eigenvalue weighted by Gasteiger charge is -2.11. The first kappa shape index (κ1) is 21.7. The molecule has 2 N–H and O–H groups in total. The Morgan fingerprint density at radius 3 is 2.37 bits per heavy atom. The number of sulfonamides is 1. The maximum Gasteiger partial charge on any atom is 0.261 e. The Morgan fingerprint density at radius 2 is 1.70 bits per heavy atom. The summed E-state index contributed by atoms with van der Waals surface area (Å²) in [5.41, 5.74) is 1.65. The van der Waals surface area contributed by atoms with Gasteiger partial charge in [0.25, 0.3) is 15.9 Å². The number of nitrogens with one attached hydrogen (secondary N) is 2. The number of hydrogen-bond acceptors (Lipinski definition) is 4. The van der Waals surface area contributed by atoms with E-state index in [0.717, 1.165) is 11.3 Å². The van der Waals surface area contributed by atoms with Crippen molar-refractivity contribution in [2.24, 2.45) is 0 Å². The second-order valence-electron chi connectivity index (χ2n) is 6.53. The summed E-state index contributed by atoms with van der Waals surface area (Å²) in [6.07, 6.45) is 0. The summed E-state index contributed by atoms with van der Waals surface area (Å²) in [5, 5.41) is 2.86. The molecule has 0 saturated heterocycles. The van der Waals surface area contributed by atoms with E-state index in [9.17, 15) is 13.2 Å². The molecule has 0 heterocycles. The predicted molar refractivity (Wildman–Crippen MR) is 118 cm³/mol. The minimum atomic E-state index is -3.77. The number of carbonyl (C=O) groups is 1. The highest BCUT2D eigenvalue weighted by Gasteiger charge is 2.16. The number of amides is 1. The number of carbonyl (C=O) groups excluding carboxylic acids is 1. The van der Waals surface area contributed by atoms with Crippen LogP contribution in [0.4, 0.5) is 5.69 Å². The van der Waals surface area contributed by atoms with Crippen molar-refractivity contribution in [3.63, 3.8) is 0 Å². The molecule has 30 heavy (non-hydrogen) atoms. The van der Waals surface area contributed by atoms with Crippen LogP contribution in [0.25, 0.3) is 0 Å². The van der Waals surface area contributed by atoms with Gasteiger partial charge in [0.2, 0.25) is 0 Å². The van der Waals surface area contributed by atoms with E-state index in [4.69, 9.17) is 16.3 Å². The van der Waals surface area contributed by atoms with Crippen molar-refractivity contribution in [3.8, 4) is 5.75 Å². The molecule has 0 fully saturated rings. The molecule has 6 nitrogen and oxygen atoms in total. The standard InChI is InChI=1S/C22H21ClN2O4S/c1-16-7-10-18(11-8-16)29-14-13-24-22(26)17-9-12-21(20(23)15-17)25-30(27,28)19-5-3-2-4-6-19/h2-12,15,25H,13-14H2,1H3,(H,24,26). The molecule has 1 amide bonds. The molecular formula is C22H21ClN2O4S. The van der Waals surface area contributed by atoms with Gasteiger partial charge < -0.3 is 10.1 Å². The van der Waals surface area contributed by atoms with Crippen molar-refractivity contribution in [2.45, 2.75) is 11.8 Å². The molecule has 0 spiro atoms. The Balaban J connectivity index is 1.56. The number of aryl methyl sites for hydroxylation is 1. The van der Waals surface area contributed by atoms with Gasteiger partial charge in [-0.2, -0.15) is 0 Å². The predicted octanol–water partition coefficient (Wildman–Crippen LogP) is 4.26. The number of ether oxygens (including phenoxy) is 1. The second kappa shape index (κ2) is 9.65. The van der Waals surface area contributed by atoms with Gasteiger partial charge in [-0.05, 0) is 49.4 Å². The van der Waals surface area contributed by atoms with E-state index >= 15 is 0 Å². The van der Waals surface area contributed by atoms with Crippen LogP contribution in [0.3, 0.4) is 0 Å². The van der Waals surface area contributed by atoms with Gasteiger partial charge in [0.1, 0.15) is 12.4 Å². The first-order valence-electron chi connectivity index (χ1n) is 9.20. The molecule has 0 atom stereocenters. The minimum absolute atomic E-state index is 0.122. The summed E-state index contributed by atoms with van der Waals surface area (Å²) < 4.78 is 32.8. The molecule has 156 valence electrons. The van der Waals surface area contributed by atoms with Crippen molar-refractivity contribution < 1.29 is 17.9 Å². The van der Waals surface area contributed by atoms with Crippen LogP contribution >= 0.6 is 11.6 Å². The molecule has 0 aliphatic carbocycles. The highest BCUT2D eigenvalue weighted by molar-refractivity contribution is 7.92. The lowest BCUT2D eigenvalue weighted by Crippen LogP contribution is -2.28. The average molecular weight is 445 g/mol. The lowest BCUT2D eigenvalue weighted by atomic mass is 10.2. The molecule has 0 unspecified atom stereocenters. The topological polar surface area (TPSA) is 84.5 Å². The minimum Gasteiger partial charge on any atom is -0.492 e. The molecule has 3 rings (SSSR count). The summed E-state index contributed by atoms with van der Waals surface area (Å²) in [5.74, 6) is 0.398. The molecular weight excluding hydrogens is 424 g/mol. The fraction of sp³-hybridized carbons (Fsp3) is 0.136. The van der Waals surface area contributed by atoms with E-state index in [1.165, 1.54) is 30.3 Å². The van der Waals surface area contributed by atoms with Gasteiger partial charge in [-0.1, -0.05) is 47.5 Å². The number of hydrogen-bond donors (Lipinski definition) is 2. The molecule has 0 radical (unpaired) electrons. The van der Waals surface area contributed by atoms with E-state index in [-0.39, 0.29) is 21.5 Å². The van der Waals surface area contributed by atoms with Crippen LogP contribution in [0.2, 0.25) is 5.02 Å². The van der Waals surface area contributed by atoms with Crippen LogP contribution in [0.5, 0.6) is 5.75 Å². The van der Waals surface area contributed by atoms with E-state index in [0.29, 0.717) is 18.7 Å². The van der Waals surface area contributed by atoms with Crippen molar-refractivity contribution in [1.82, 2.24) is 5.32 Å². The van der Waals surface area contributed by atoms with E-state index in [1.807, 2.05) is 31.2 Å². The third-order valence-corrected chi connectivity index (χ3v) is 5.90. The van der Waals surface area contributed by atoms with Gasteiger partial charge in [0.05, 0.1) is 22.2 Å². The normalized spacial score (nSPS) is 11.0. The quantitative estimate of drug-likeness (QED) is 0.508. The largest absolute Gasteiger partial charge is 0.492 e. The maximum atomic E-state index is 12.4. The van der Waals surface area contributed by atoms with E-state index in [1.54, 1.807) is 18.2 Å². The lowest BCUT2D eigenvalue weighted by molar-refractivity contribution is 0.0947. The van der Waals surface area contributed by atoms with Crippen LogP contribution in [0.1, 0.15) is 15.9 Å². The zero-order valence-corrected chi connectivity index (χ0v) is 17.8. The number of rotatable bonds is 8. The summed E-state index contributed by atoms with van der Waals surface area (Å²) >= 11 is 6.19. The van der Waals surface area contributed by atoms with Crippen LogP contribution in [-0.2, 0) is 10.0 Å². The Bertz CT molecular complexity index is 1120. The molecule has 3 aromatic rings. The SMILES string of the molecule is Cc1ccc(OCCNC(=O)c2ccc(NS(=O)(=O)c3ccccc3)c(Cl)c2)cc1. The van der Waals surface area contributed by atoms with Crippen LogP contribution < -0.4 is 14.8 Å². The van der Waals surface area contributed by atoms with E-state index < -0.39 is 10.0 Å². The van der Waals surface area contributed by atoms with E-state index in [2.05, 4.69) is 10.0 Å². The van der Waals surface area contributed by atoms with Gasteiger partial charge in [-0.3, -0.25) is 9.52 Å². The van der Waals surface area contributed by atoms with Gasteiger partial charge in [0.15, 0.2) is 0 Å². The summed E-state index contributed by atoms with van der Waals surface area (Å²) in [6.45, 7) is 2.62. The zero-order valence-electron chi connectivity index (χ0n) is 16.3. The maximum absolute atomic E-state index is 12.4. The fourth-order valence-corrected chi connectivity index (χ4v) is 4.00. The summed E-state index contributed by atoms with van der Waals surface area (Å²) in [4.78, 5) is 12.4. The third kappa shape index (κ3) is 5.75. The van der Waals surface area contributed by atoms with Gasteiger partial charge in [-0.25, -0.2) is 8.42 Å². The average Bonchev–Trinajstić information content (AvgIpc) is 2.74. The van der Waals surface area contributed by atoms with Crippen LogP contribution in [0.15, 0.2) is 77.7 Å². The number of halogens is 1. The van der Waals surface area contributed by atoms with Gasteiger partial charge in [-0.15, -0.1) is 0 Å². The van der Waals surface area contributed by atoms with Crippen molar-refractivity contribution in [1.29, 1.82) is 0 Å². The molecule has 3 aromatic carbocycles.